The third-order valence-electron chi connectivity index (χ3n) is 7.18. The fourth-order valence-corrected chi connectivity index (χ4v) is 5.55. The molecule has 12 heteroatoms. The number of ether oxygens (including phenoxy) is 3. The van der Waals surface area contributed by atoms with Crippen LogP contribution in [-0.4, -0.2) is 80.5 Å². The molecule has 1 atom stereocenters. The van der Waals surface area contributed by atoms with Gasteiger partial charge < -0.3 is 34.3 Å². The fraction of sp³-hybridized carbons (Fsp3) is 0.559. The normalized spacial score (nSPS) is 12.8. The Balaban J connectivity index is 1.73. The molecule has 0 fully saturated rings. The number of aromatic nitrogens is 2. The van der Waals surface area contributed by atoms with Crippen molar-refractivity contribution in [3.05, 3.63) is 53.6 Å². The zero-order chi connectivity index (χ0) is 34.1. The number of hydrogen-bond donors (Lipinski definition) is 2. The molecule has 0 bridgehead atoms. The number of aryl methyl sites for hydroxylation is 1. The highest BCUT2D eigenvalue weighted by atomic mass is 28.3. The highest BCUT2D eigenvalue weighted by molar-refractivity contribution is 6.76. The summed E-state index contributed by atoms with van der Waals surface area (Å²) in [5.74, 6) is -0.857. The number of hydrogen-bond acceptors (Lipinski definition) is 7. The minimum absolute atomic E-state index is 0.0431. The number of halogens is 1. The van der Waals surface area contributed by atoms with E-state index in [-0.39, 0.29) is 24.6 Å². The summed E-state index contributed by atoms with van der Waals surface area (Å²) in [6.07, 6.45) is 3.99. The summed E-state index contributed by atoms with van der Waals surface area (Å²) < 4.78 is 34.8. The van der Waals surface area contributed by atoms with Crippen LogP contribution in [0.1, 0.15) is 38.3 Å². The second-order valence-electron chi connectivity index (χ2n) is 14.2. The smallest absolute Gasteiger partial charge is 0.407 e. The molecule has 46 heavy (non-hydrogen) atoms. The molecule has 1 aromatic carbocycles. The topological polar surface area (TPSA) is 107 Å². The van der Waals surface area contributed by atoms with E-state index in [9.17, 15) is 9.59 Å². The lowest BCUT2D eigenvalue weighted by Crippen LogP contribution is -2.42. The van der Waals surface area contributed by atoms with Gasteiger partial charge in [-0.2, -0.15) is 0 Å². The van der Waals surface area contributed by atoms with Gasteiger partial charge in [0.25, 0.3) is 0 Å². The second kappa shape index (κ2) is 16.4. The molecular formula is C34H52FN5O5Si. The summed E-state index contributed by atoms with van der Waals surface area (Å²) in [4.78, 5) is 32.0. The van der Waals surface area contributed by atoms with Crippen LogP contribution < -0.4 is 15.4 Å². The summed E-state index contributed by atoms with van der Waals surface area (Å²) >= 11 is 0. The van der Waals surface area contributed by atoms with Crippen molar-refractivity contribution in [1.82, 2.24) is 25.1 Å². The number of benzene rings is 1. The van der Waals surface area contributed by atoms with E-state index in [2.05, 4.69) is 35.3 Å². The van der Waals surface area contributed by atoms with Gasteiger partial charge >= 0.3 is 6.09 Å². The Labute approximate surface area is 274 Å². The molecule has 0 aliphatic rings. The number of carbonyl (C=O) groups excluding carboxylic acids is 2. The Morgan fingerprint density at radius 1 is 1.11 bits per heavy atom. The number of rotatable bonds is 16. The maximum atomic E-state index is 15.5. The summed E-state index contributed by atoms with van der Waals surface area (Å²) in [5.41, 5.74) is 1.58. The number of amides is 2. The number of nitrogens with one attached hydrogen (secondary N) is 2. The lowest BCUT2D eigenvalue weighted by molar-refractivity contribution is -0.124. The van der Waals surface area contributed by atoms with Gasteiger partial charge in [-0.1, -0.05) is 25.7 Å². The van der Waals surface area contributed by atoms with Crippen molar-refractivity contribution in [1.29, 1.82) is 0 Å². The highest BCUT2D eigenvalue weighted by Crippen LogP contribution is 2.34. The average Bonchev–Trinajstić information content (AvgIpc) is 3.27. The van der Waals surface area contributed by atoms with Crippen LogP contribution in [0.4, 0.5) is 9.18 Å². The molecule has 2 heterocycles. The molecule has 0 aliphatic carbocycles. The van der Waals surface area contributed by atoms with Crippen LogP contribution in [0.2, 0.25) is 25.7 Å². The maximum absolute atomic E-state index is 15.5. The first kappa shape index (κ1) is 37.0. The zero-order valence-corrected chi connectivity index (χ0v) is 30.0. The van der Waals surface area contributed by atoms with Crippen molar-refractivity contribution in [3.8, 4) is 11.5 Å². The van der Waals surface area contributed by atoms with Crippen molar-refractivity contribution in [2.24, 2.45) is 5.92 Å². The molecule has 254 valence electrons. The van der Waals surface area contributed by atoms with Crippen molar-refractivity contribution in [2.75, 3.05) is 40.3 Å². The summed E-state index contributed by atoms with van der Waals surface area (Å²) in [6, 6.07) is 7.47. The van der Waals surface area contributed by atoms with Crippen LogP contribution in [0, 0.1) is 18.7 Å². The van der Waals surface area contributed by atoms with Crippen molar-refractivity contribution >= 4 is 31.1 Å². The Morgan fingerprint density at radius 3 is 2.50 bits per heavy atom. The van der Waals surface area contributed by atoms with E-state index in [0.29, 0.717) is 36.8 Å². The molecule has 1 unspecified atom stereocenters. The van der Waals surface area contributed by atoms with E-state index in [1.807, 2.05) is 36.7 Å². The third kappa shape index (κ3) is 12.0. The number of alkyl carbamates (subject to hydrolysis) is 1. The second-order valence-corrected chi connectivity index (χ2v) is 19.9. The van der Waals surface area contributed by atoms with E-state index < -0.39 is 31.5 Å². The summed E-state index contributed by atoms with van der Waals surface area (Å²) in [7, 11) is 2.74. The molecule has 0 saturated carbocycles. The van der Waals surface area contributed by atoms with Gasteiger partial charge in [-0.25, -0.2) is 14.2 Å². The van der Waals surface area contributed by atoms with Crippen LogP contribution in [-0.2, 0) is 27.4 Å². The third-order valence-corrected chi connectivity index (χ3v) is 8.88. The predicted octanol–water partition coefficient (Wildman–Crippen LogP) is 6.34. The molecule has 3 aromatic rings. The molecule has 3 rings (SSSR count). The van der Waals surface area contributed by atoms with Crippen molar-refractivity contribution in [2.45, 2.75) is 78.6 Å². The van der Waals surface area contributed by atoms with Gasteiger partial charge in [0, 0.05) is 40.2 Å². The lowest BCUT2D eigenvalue weighted by atomic mass is 9.98. The minimum atomic E-state index is -1.20. The largest absolute Gasteiger partial charge is 0.453 e. The molecule has 0 saturated heterocycles. The van der Waals surface area contributed by atoms with Gasteiger partial charge in [0.05, 0.1) is 11.3 Å². The zero-order valence-electron chi connectivity index (χ0n) is 29.0. The molecule has 2 aromatic heterocycles. The van der Waals surface area contributed by atoms with Gasteiger partial charge in [-0.05, 0) is 96.5 Å². The molecule has 0 radical (unpaired) electrons. The van der Waals surface area contributed by atoms with Crippen LogP contribution in [0.25, 0.3) is 11.0 Å². The fourth-order valence-electron chi connectivity index (χ4n) is 4.79. The first-order valence-corrected chi connectivity index (χ1v) is 19.6. The van der Waals surface area contributed by atoms with Crippen molar-refractivity contribution in [3.63, 3.8) is 0 Å². The molecule has 2 amide bonds. The number of nitrogens with zero attached hydrogens (tertiary/aromatic N) is 3. The van der Waals surface area contributed by atoms with Gasteiger partial charge in [0.1, 0.15) is 23.7 Å². The van der Waals surface area contributed by atoms with E-state index >= 15 is 4.39 Å². The van der Waals surface area contributed by atoms with Crippen LogP contribution >= 0.6 is 0 Å². The number of carbonyl (C=O) groups is 2. The van der Waals surface area contributed by atoms with Crippen LogP contribution in [0.15, 0.2) is 36.7 Å². The number of fused-ring (bicyclic) bond motifs is 1. The van der Waals surface area contributed by atoms with E-state index in [1.54, 1.807) is 45.2 Å². The molecule has 0 aliphatic heterocycles. The first-order valence-electron chi connectivity index (χ1n) is 15.9. The van der Waals surface area contributed by atoms with Gasteiger partial charge in [-0.3, -0.25) is 4.79 Å². The molecule has 10 nitrogen and oxygen atoms in total. The Bertz CT molecular complexity index is 1460. The first-order chi connectivity index (χ1) is 21.5. The maximum Gasteiger partial charge on any atom is 0.407 e. The summed E-state index contributed by atoms with van der Waals surface area (Å²) in [5, 5.41) is 6.43. The Kier molecular flexibility index (Phi) is 13.2. The summed E-state index contributed by atoms with van der Waals surface area (Å²) in [6.45, 7) is 16.7. The average molecular weight is 658 g/mol. The molecule has 2 N–H and O–H groups in total. The molecule has 0 spiro atoms. The molecular weight excluding hydrogens is 605 g/mol. The standard InChI is InChI=1S/C34H52FN5O5Si/c1-24-22-40(23-43-17-18-46(7,8)9)31-30(24)29(13-15-36-31)44-28-12-11-25(20-27(28)35)19-26(21-38-33(42)45-34(2,3)4)32(41)37-14-10-16-39(5)6/h11-13,15,20,22,26H,10,14,16-19,21,23H2,1-9H3,(H,37,41)(H,38,42). The highest BCUT2D eigenvalue weighted by Gasteiger charge is 2.23. The van der Waals surface area contributed by atoms with E-state index in [1.165, 1.54) is 6.07 Å². The van der Waals surface area contributed by atoms with Crippen molar-refractivity contribution < 1.29 is 28.2 Å². The quantitative estimate of drug-likeness (QED) is 0.137. The van der Waals surface area contributed by atoms with Crippen LogP contribution in [0.5, 0.6) is 11.5 Å². The number of pyridine rings is 1. The van der Waals surface area contributed by atoms with Crippen LogP contribution in [0.3, 0.4) is 0 Å². The van der Waals surface area contributed by atoms with E-state index in [0.717, 1.165) is 30.0 Å². The predicted molar refractivity (Wildman–Crippen MR) is 183 cm³/mol. The van der Waals surface area contributed by atoms with Gasteiger partial charge in [-0.15, -0.1) is 0 Å². The lowest BCUT2D eigenvalue weighted by Gasteiger charge is -2.22. The van der Waals surface area contributed by atoms with Gasteiger partial charge in [0.2, 0.25) is 5.91 Å². The SMILES string of the molecule is Cc1cn(COCC[Si](C)(C)C)c2nccc(Oc3ccc(CC(CNC(=O)OC(C)(C)C)C(=O)NCCCN(C)C)cc3F)c12. The minimum Gasteiger partial charge on any atom is -0.453 e. The van der Waals surface area contributed by atoms with E-state index in [4.69, 9.17) is 14.2 Å². The Morgan fingerprint density at radius 2 is 1.85 bits per heavy atom. The Hall–Kier alpha value is -3.48. The monoisotopic (exact) mass is 657 g/mol. The van der Waals surface area contributed by atoms with Gasteiger partial charge in [0.15, 0.2) is 11.6 Å².